The van der Waals surface area contributed by atoms with E-state index in [4.69, 9.17) is 4.74 Å². The van der Waals surface area contributed by atoms with E-state index in [1.165, 1.54) is 0 Å². The van der Waals surface area contributed by atoms with Gasteiger partial charge in [0.05, 0.1) is 5.56 Å². The number of rotatable bonds is 3. The molecular weight excluding hydrogens is 275 g/mol. The lowest BCUT2D eigenvalue weighted by Crippen LogP contribution is -2.33. The number of carbonyl (C=O) groups excluding carboxylic acids is 1. The lowest BCUT2D eigenvalue weighted by atomic mass is 10.0. The molecule has 0 spiro atoms. The van der Waals surface area contributed by atoms with Crippen molar-refractivity contribution in [1.82, 2.24) is 15.3 Å². The van der Waals surface area contributed by atoms with Gasteiger partial charge in [-0.25, -0.2) is 9.97 Å². The summed E-state index contributed by atoms with van der Waals surface area (Å²) in [4.78, 5) is 18.5. The normalized spacial score (nSPS) is 16.9. The summed E-state index contributed by atoms with van der Waals surface area (Å²) in [5.74, 6) is -0.573. The fourth-order valence-electron chi connectivity index (χ4n) is 2.00. The third-order valence-electron chi connectivity index (χ3n) is 3.12. The molecule has 0 unspecified atom stereocenters. The third kappa shape index (κ3) is 3.66. The number of hydrogen-bond acceptors (Lipinski definition) is 4. The molecule has 0 saturated carbocycles. The van der Waals surface area contributed by atoms with Crippen molar-refractivity contribution in [3.8, 4) is 0 Å². The van der Waals surface area contributed by atoms with Crippen LogP contribution in [0.4, 0.5) is 13.2 Å². The van der Waals surface area contributed by atoms with Crippen LogP contribution in [0.1, 0.15) is 28.9 Å². The van der Waals surface area contributed by atoms with Gasteiger partial charge in [0.15, 0.2) is 5.69 Å². The summed E-state index contributed by atoms with van der Waals surface area (Å²) in [7, 11) is 0. The first kappa shape index (κ1) is 14.7. The zero-order valence-electron chi connectivity index (χ0n) is 10.6. The molecule has 0 aromatic carbocycles. The van der Waals surface area contributed by atoms with Gasteiger partial charge in [0, 0.05) is 26.0 Å². The van der Waals surface area contributed by atoms with Gasteiger partial charge >= 0.3 is 6.18 Å². The van der Waals surface area contributed by atoms with E-state index in [1.807, 2.05) is 0 Å². The van der Waals surface area contributed by atoms with Crippen LogP contribution in [0.3, 0.4) is 0 Å². The highest BCUT2D eigenvalue weighted by atomic mass is 19.4. The Balaban J connectivity index is 2.02. The highest BCUT2D eigenvalue weighted by Gasteiger charge is 2.37. The van der Waals surface area contributed by atoms with Crippen LogP contribution in [0.15, 0.2) is 12.5 Å². The van der Waals surface area contributed by atoms with E-state index in [2.05, 4.69) is 15.3 Å². The van der Waals surface area contributed by atoms with Gasteiger partial charge in [-0.15, -0.1) is 0 Å². The molecule has 1 aromatic heterocycles. The van der Waals surface area contributed by atoms with E-state index in [0.29, 0.717) is 19.8 Å². The summed E-state index contributed by atoms with van der Waals surface area (Å²) in [5, 5.41) is 2.51. The predicted molar refractivity (Wildman–Crippen MR) is 62.9 cm³/mol. The SMILES string of the molecule is O=C(NCC1CCOCC1)c1cncnc1C(F)(F)F. The second kappa shape index (κ2) is 6.17. The molecule has 1 aromatic rings. The van der Waals surface area contributed by atoms with Crippen LogP contribution >= 0.6 is 0 Å². The summed E-state index contributed by atoms with van der Waals surface area (Å²) in [6.07, 6.45) is -1.43. The van der Waals surface area contributed by atoms with Gasteiger partial charge in [0.1, 0.15) is 6.33 Å². The molecule has 1 saturated heterocycles. The molecule has 0 atom stereocenters. The van der Waals surface area contributed by atoms with Crippen molar-refractivity contribution >= 4 is 5.91 Å². The first-order chi connectivity index (χ1) is 9.48. The minimum Gasteiger partial charge on any atom is -0.381 e. The van der Waals surface area contributed by atoms with E-state index < -0.39 is 23.3 Å². The highest BCUT2D eigenvalue weighted by molar-refractivity contribution is 5.95. The Kier molecular flexibility index (Phi) is 4.53. The lowest BCUT2D eigenvalue weighted by molar-refractivity contribution is -0.141. The van der Waals surface area contributed by atoms with Crippen molar-refractivity contribution in [2.75, 3.05) is 19.8 Å². The van der Waals surface area contributed by atoms with Crippen LogP contribution < -0.4 is 5.32 Å². The maximum atomic E-state index is 12.7. The highest BCUT2D eigenvalue weighted by Crippen LogP contribution is 2.29. The van der Waals surface area contributed by atoms with Crippen LogP contribution in [0.2, 0.25) is 0 Å². The number of hydrogen-bond donors (Lipinski definition) is 1. The van der Waals surface area contributed by atoms with Gasteiger partial charge in [0.2, 0.25) is 0 Å². The van der Waals surface area contributed by atoms with E-state index in [-0.39, 0.29) is 5.92 Å². The number of ether oxygens (including phenoxy) is 1. The number of aromatic nitrogens is 2. The van der Waals surface area contributed by atoms with Crippen molar-refractivity contribution in [2.24, 2.45) is 5.92 Å². The summed E-state index contributed by atoms with van der Waals surface area (Å²) < 4.78 is 43.3. The Morgan fingerprint density at radius 2 is 2.10 bits per heavy atom. The quantitative estimate of drug-likeness (QED) is 0.919. The molecule has 1 N–H and O–H groups in total. The number of alkyl halides is 3. The lowest BCUT2D eigenvalue weighted by Gasteiger charge is -2.22. The Hall–Kier alpha value is -1.70. The number of halogens is 3. The molecule has 0 aliphatic carbocycles. The molecular formula is C12H14F3N3O2. The fraction of sp³-hybridized carbons (Fsp3) is 0.583. The Morgan fingerprint density at radius 1 is 1.40 bits per heavy atom. The smallest absolute Gasteiger partial charge is 0.381 e. The number of nitrogens with one attached hydrogen (secondary N) is 1. The Morgan fingerprint density at radius 3 is 2.75 bits per heavy atom. The standard InChI is InChI=1S/C12H14F3N3O2/c13-12(14,15)10-9(6-16-7-18-10)11(19)17-5-8-1-3-20-4-2-8/h6-8H,1-5H2,(H,17,19). The van der Waals surface area contributed by atoms with Gasteiger partial charge < -0.3 is 10.1 Å². The first-order valence-corrected chi connectivity index (χ1v) is 6.21. The van der Waals surface area contributed by atoms with Crippen molar-refractivity contribution in [1.29, 1.82) is 0 Å². The number of amides is 1. The number of nitrogens with zero attached hydrogens (tertiary/aromatic N) is 2. The molecule has 110 valence electrons. The average molecular weight is 289 g/mol. The molecule has 1 aliphatic rings. The van der Waals surface area contributed by atoms with Crippen molar-refractivity contribution in [2.45, 2.75) is 19.0 Å². The monoisotopic (exact) mass is 289 g/mol. The van der Waals surface area contributed by atoms with E-state index >= 15 is 0 Å². The van der Waals surface area contributed by atoms with Gasteiger partial charge in [-0.1, -0.05) is 0 Å². The van der Waals surface area contributed by atoms with Crippen LogP contribution in [0, 0.1) is 5.92 Å². The topological polar surface area (TPSA) is 64.1 Å². The van der Waals surface area contributed by atoms with Crippen molar-refractivity contribution < 1.29 is 22.7 Å². The zero-order chi connectivity index (χ0) is 14.6. The molecule has 0 bridgehead atoms. The maximum absolute atomic E-state index is 12.7. The zero-order valence-corrected chi connectivity index (χ0v) is 10.6. The second-order valence-electron chi connectivity index (χ2n) is 4.55. The molecule has 1 aliphatic heterocycles. The summed E-state index contributed by atoms with van der Waals surface area (Å²) in [6.45, 7) is 1.56. The number of carbonyl (C=O) groups is 1. The molecule has 2 heterocycles. The largest absolute Gasteiger partial charge is 0.434 e. The van der Waals surface area contributed by atoms with Gasteiger partial charge in [-0.3, -0.25) is 4.79 Å². The fourth-order valence-corrected chi connectivity index (χ4v) is 2.00. The summed E-state index contributed by atoms with van der Waals surface area (Å²) in [5.41, 5.74) is -1.76. The minimum atomic E-state index is -4.67. The molecule has 1 fully saturated rings. The van der Waals surface area contributed by atoms with Gasteiger partial charge in [-0.05, 0) is 18.8 Å². The van der Waals surface area contributed by atoms with Gasteiger partial charge in [0.25, 0.3) is 5.91 Å². The first-order valence-electron chi connectivity index (χ1n) is 6.21. The average Bonchev–Trinajstić information content (AvgIpc) is 2.45. The Labute approximate surface area is 113 Å². The van der Waals surface area contributed by atoms with Crippen LogP contribution in [-0.4, -0.2) is 35.6 Å². The molecule has 2 rings (SSSR count). The molecule has 20 heavy (non-hydrogen) atoms. The van der Waals surface area contributed by atoms with E-state index in [9.17, 15) is 18.0 Å². The molecule has 1 amide bonds. The second-order valence-corrected chi connectivity index (χ2v) is 4.55. The van der Waals surface area contributed by atoms with Crippen molar-refractivity contribution in [3.05, 3.63) is 23.8 Å². The van der Waals surface area contributed by atoms with Crippen molar-refractivity contribution in [3.63, 3.8) is 0 Å². The summed E-state index contributed by atoms with van der Waals surface area (Å²) >= 11 is 0. The van der Waals surface area contributed by atoms with Crippen LogP contribution in [-0.2, 0) is 10.9 Å². The maximum Gasteiger partial charge on any atom is 0.434 e. The van der Waals surface area contributed by atoms with Crippen LogP contribution in [0.5, 0.6) is 0 Å². The predicted octanol–water partition coefficient (Wildman–Crippen LogP) is 1.65. The molecule has 8 heteroatoms. The Bertz CT molecular complexity index is 473. The third-order valence-corrected chi connectivity index (χ3v) is 3.12. The van der Waals surface area contributed by atoms with Gasteiger partial charge in [-0.2, -0.15) is 13.2 Å². The van der Waals surface area contributed by atoms with E-state index in [1.54, 1.807) is 0 Å². The molecule has 5 nitrogen and oxygen atoms in total. The molecule has 0 radical (unpaired) electrons. The van der Waals surface area contributed by atoms with E-state index in [0.717, 1.165) is 25.4 Å². The minimum absolute atomic E-state index is 0.228. The van der Waals surface area contributed by atoms with Crippen LogP contribution in [0.25, 0.3) is 0 Å². The summed E-state index contributed by atoms with van der Waals surface area (Å²) in [6, 6.07) is 0.